The highest BCUT2D eigenvalue weighted by Gasteiger charge is 2.09. The van der Waals surface area contributed by atoms with Crippen molar-refractivity contribution in [3.8, 4) is 11.3 Å². The van der Waals surface area contributed by atoms with Crippen molar-refractivity contribution in [3.05, 3.63) is 58.2 Å². The molecule has 0 atom stereocenters. The molecule has 128 valence electrons. The van der Waals surface area contributed by atoms with Crippen LogP contribution in [0.15, 0.2) is 42.5 Å². The number of nitrogens with zero attached hydrogens (tertiary/aromatic N) is 1. The lowest BCUT2D eigenvalue weighted by Gasteiger charge is -2.09. The molecule has 2 amide bonds. The minimum Gasteiger partial charge on any atom is -0.369 e. The summed E-state index contributed by atoms with van der Waals surface area (Å²) in [6.07, 6.45) is 0. The third kappa shape index (κ3) is 4.04. The molecule has 0 saturated carbocycles. The standard InChI is InChI=1S/C17H15Cl2N5O/c1-9-15(24-16(20)21-9)10-3-2-4-11(7-10)22-17(25)23-12-5-6-13(18)14(19)8-12/h2-8H,1H3,(H3,20,21,24)(H2,22,23,25). The molecule has 3 aromatic rings. The van der Waals surface area contributed by atoms with E-state index in [0.29, 0.717) is 27.4 Å². The van der Waals surface area contributed by atoms with Crippen molar-refractivity contribution in [2.45, 2.75) is 6.92 Å². The number of carbonyl (C=O) groups excluding carboxylic acids is 1. The molecular weight excluding hydrogens is 361 g/mol. The van der Waals surface area contributed by atoms with Crippen LogP contribution in [-0.4, -0.2) is 16.0 Å². The molecule has 6 nitrogen and oxygen atoms in total. The van der Waals surface area contributed by atoms with Gasteiger partial charge >= 0.3 is 6.03 Å². The number of anilines is 3. The molecule has 0 spiro atoms. The molecule has 0 unspecified atom stereocenters. The minimum absolute atomic E-state index is 0.350. The van der Waals surface area contributed by atoms with Gasteiger partial charge in [0.25, 0.3) is 0 Å². The van der Waals surface area contributed by atoms with Crippen LogP contribution in [0, 0.1) is 6.92 Å². The first kappa shape index (κ1) is 17.1. The summed E-state index contributed by atoms with van der Waals surface area (Å²) in [6.45, 7) is 1.88. The second-order valence-electron chi connectivity index (χ2n) is 5.38. The van der Waals surface area contributed by atoms with E-state index in [9.17, 15) is 4.79 Å². The van der Waals surface area contributed by atoms with Crippen molar-refractivity contribution in [2.75, 3.05) is 16.4 Å². The Kier molecular flexibility index (Phi) is 4.83. The van der Waals surface area contributed by atoms with Crippen molar-refractivity contribution < 1.29 is 4.79 Å². The maximum atomic E-state index is 12.2. The van der Waals surface area contributed by atoms with Crippen LogP contribution >= 0.6 is 23.2 Å². The molecule has 0 saturated heterocycles. The van der Waals surface area contributed by atoms with Gasteiger partial charge in [0.15, 0.2) is 5.95 Å². The number of carbonyl (C=O) groups is 1. The van der Waals surface area contributed by atoms with Gasteiger partial charge in [-0.2, -0.15) is 0 Å². The maximum Gasteiger partial charge on any atom is 0.323 e. The molecule has 8 heteroatoms. The molecule has 5 N–H and O–H groups in total. The smallest absolute Gasteiger partial charge is 0.323 e. The van der Waals surface area contributed by atoms with Crippen LogP contribution in [-0.2, 0) is 0 Å². The SMILES string of the molecule is Cc1[nH]c(N)nc1-c1cccc(NC(=O)Nc2ccc(Cl)c(Cl)c2)c1. The summed E-state index contributed by atoms with van der Waals surface area (Å²) in [5.41, 5.74) is 9.28. The van der Waals surface area contributed by atoms with Crippen molar-refractivity contribution in [1.82, 2.24) is 9.97 Å². The topological polar surface area (TPSA) is 95.8 Å². The summed E-state index contributed by atoms with van der Waals surface area (Å²) < 4.78 is 0. The van der Waals surface area contributed by atoms with Crippen LogP contribution in [0.25, 0.3) is 11.3 Å². The zero-order valence-corrected chi connectivity index (χ0v) is 14.7. The Balaban J connectivity index is 1.74. The first-order chi connectivity index (χ1) is 11.9. The zero-order chi connectivity index (χ0) is 18.0. The van der Waals surface area contributed by atoms with E-state index in [1.807, 2.05) is 25.1 Å². The van der Waals surface area contributed by atoms with E-state index < -0.39 is 6.03 Å². The number of halogens is 2. The molecule has 0 fully saturated rings. The predicted molar refractivity (Wildman–Crippen MR) is 102 cm³/mol. The number of amides is 2. The van der Waals surface area contributed by atoms with Crippen LogP contribution in [0.1, 0.15) is 5.69 Å². The average Bonchev–Trinajstić information content (AvgIpc) is 2.90. The minimum atomic E-state index is -0.395. The van der Waals surface area contributed by atoms with Gasteiger partial charge in [-0.3, -0.25) is 0 Å². The van der Waals surface area contributed by atoms with Gasteiger partial charge in [0.1, 0.15) is 0 Å². The van der Waals surface area contributed by atoms with E-state index in [-0.39, 0.29) is 0 Å². The van der Waals surface area contributed by atoms with Crippen LogP contribution in [0.3, 0.4) is 0 Å². The Labute approximate surface area is 154 Å². The Morgan fingerprint density at radius 1 is 1.08 bits per heavy atom. The third-order valence-electron chi connectivity index (χ3n) is 3.47. The average molecular weight is 376 g/mol. The third-order valence-corrected chi connectivity index (χ3v) is 4.21. The summed E-state index contributed by atoms with van der Waals surface area (Å²) in [5.74, 6) is 0.350. The fraction of sp³-hybridized carbons (Fsp3) is 0.0588. The first-order valence-electron chi connectivity index (χ1n) is 7.38. The number of benzene rings is 2. The van der Waals surface area contributed by atoms with Gasteiger partial charge in [0, 0.05) is 22.6 Å². The second kappa shape index (κ2) is 7.04. The van der Waals surface area contributed by atoms with Gasteiger partial charge in [-0.1, -0.05) is 35.3 Å². The number of nitrogens with one attached hydrogen (secondary N) is 3. The highest BCUT2D eigenvalue weighted by Crippen LogP contribution is 2.26. The number of aromatic amines is 1. The number of imidazole rings is 1. The van der Waals surface area contributed by atoms with Gasteiger partial charge in [0.2, 0.25) is 0 Å². The van der Waals surface area contributed by atoms with Gasteiger partial charge in [-0.15, -0.1) is 0 Å². The molecule has 1 heterocycles. The summed E-state index contributed by atoms with van der Waals surface area (Å²) >= 11 is 11.8. The van der Waals surface area contributed by atoms with Crippen LogP contribution in [0.2, 0.25) is 10.0 Å². The predicted octanol–water partition coefficient (Wildman–Crippen LogP) is 4.92. The van der Waals surface area contributed by atoms with Crippen molar-refractivity contribution in [3.63, 3.8) is 0 Å². The van der Waals surface area contributed by atoms with Gasteiger partial charge < -0.3 is 21.4 Å². The molecule has 0 radical (unpaired) electrons. The number of nitrogen functional groups attached to an aromatic ring is 1. The van der Waals surface area contributed by atoms with Gasteiger partial charge in [-0.25, -0.2) is 9.78 Å². The molecule has 1 aromatic heterocycles. The lowest BCUT2D eigenvalue weighted by molar-refractivity contribution is 0.262. The Morgan fingerprint density at radius 2 is 1.80 bits per heavy atom. The van der Waals surface area contributed by atoms with E-state index in [2.05, 4.69) is 20.6 Å². The second-order valence-corrected chi connectivity index (χ2v) is 6.20. The summed E-state index contributed by atoms with van der Waals surface area (Å²) in [5, 5.41) is 6.26. The monoisotopic (exact) mass is 375 g/mol. The lowest BCUT2D eigenvalue weighted by atomic mass is 10.1. The molecule has 0 aliphatic rings. The summed E-state index contributed by atoms with van der Waals surface area (Å²) in [6, 6.07) is 11.8. The molecule has 2 aromatic carbocycles. The van der Waals surface area contributed by atoms with E-state index >= 15 is 0 Å². The Morgan fingerprint density at radius 3 is 2.44 bits per heavy atom. The molecular formula is C17H15Cl2N5O. The van der Waals surface area contributed by atoms with Crippen molar-refractivity contribution in [1.29, 1.82) is 0 Å². The largest absolute Gasteiger partial charge is 0.369 e. The number of aromatic nitrogens is 2. The van der Waals surface area contributed by atoms with Gasteiger partial charge in [0.05, 0.1) is 15.7 Å². The number of H-pyrrole nitrogens is 1. The molecule has 0 bridgehead atoms. The molecule has 0 aliphatic heterocycles. The van der Waals surface area contributed by atoms with Crippen LogP contribution in [0.4, 0.5) is 22.1 Å². The fourth-order valence-corrected chi connectivity index (χ4v) is 2.67. The van der Waals surface area contributed by atoms with Crippen LogP contribution < -0.4 is 16.4 Å². The number of aryl methyl sites for hydroxylation is 1. The van der Waals surface area contributed by atoms with E-state index in [1.54, 1.807) is 24.3 Å². The Hall–Kier alpha value is -2.70. The maximum absolute atomic E-state index is 12.2. The highest BCUT2D eigenvalue weighted by atomic mass is 35.5. The lowest BCUT2D eigenvalue weighted by Crippen LogP contribution is -2.19. The van der Waals surface area contributed by atoms with Crippen molar-refractivity contribution >= 4 is 46.6 Å². The highest BCUT2D eigenvalue weighted by molar-refractivity contribution is 6.42. The summed E-state index contributed by atoms with van der Waals surface area (Å²) in [7, 11) is 0. The number of hydrogen-bond donors (Lipinski definition) is 4. The van der Waals surface area contributed by atoms with E-state index in [1.165, 1.54) is 0 Å². The van der Waals surface area contributed by atoms with Crippen LogP contribution in [0.5, 0.6) is 0 Å². The van der Waals surface area contributed by atoms with Gasteiger partial charge in [-0.05, 0) is 37.3 Å². The fourth-order valence-electron chi connectivity index (χ4n) is 2.38. The van der Waals surface area contributed by atoms with E-state index in [4.69, 9.17) is 28.9 Å². The molecule has 25 heavy (non-hydrogen) atoms. The number of hydrogen-bond acceptors (Lipinski definition) is 3. The number of rotatable bonds is 3. The molecule has 0 aliphatic carbocycles. The summed E-state index contributed by atoms with van der Waals surface area (Å²) in [4.78, 5) is 19.4. The molecule has 3 rings (SSSR count). The zero-order valence-electron chi connectivity index (χ0n) is 13.2. The number of nitrogens with two attached hydrogens (primary N) is 1. The normalized spacial score (nSPS) is 10.5. The first-order valence-corrected chi connectivity index (χ1v) is 8.13. The quantitative estimate of drug-likeness (QED) is 0.523. The Bertz CT molecular complexity index is 939. The van der Waals surface area contributed by atoms with E-state index in [0.717, 1.165) is 17.0 Å². The van der Waals surface area contributed by atoms with Crippen molar-refractivity contribution in [2.24, 2.45) is 0 Å². The number of urea groups is 1.